The summed E-state index contributed by atoms with van der Waals surface area (Å²) in [6.07, 6.45) is -0.295. The number of fused-ring (bicyclic) bond motifs is 1. The first-order valence-corrected chi connectivity index (χ1v) is 15.6. The SMILES string of the molecule is CCCCCC(=O)N[C@H]1C(=O)N2[C@H](SC[C@H]2C(=O)OC)[C@H](OC(C)=O)[C@@H](OC(=O)c2ccccc2)[C@@H]1NC(=O)CC(C)C. The van der Waals surface area contributed by atoms with Gasteiger partial charge in [0.1, 0.15) is 17.5 Å². The minimum atomic E-state index is -1.45. The lowest BCUT2D eigenvalue weighted by molar-refractivity contribution is -0.159. The Bertz CT molecular complexity index is 1180. The Labute approximate surface area is 255 Å². The van der Waals surface area contributed by atoms with Crippen molar-refractivity contribution in [2.75, 3.05) is 12.9 Å². The molecule has 0 aliphatic carbocycles. The van der Waals surface area contributed by atoms with E-state index in [9.17, 15) is 28.8 Å². The number of thioether (sulfide) groups is 1. The third-order valence-corrected chi connectivity index (χ3v) is 8.49. The number of carbonyl (C=O) groups is 6. The Hall–Kier alpha value is -3.61. The van der Waals surface area contributed by atoms with Crippen molar-refractivity contribution in [3.8, 4) is 0 Å². The molecule has 12 nitrogen and oxygen atoms in total. The number of hydrogen-bond acceptors (Lipinski definition) is 10. The van der Waals surface area contributed by atoms with Crippen LogP contribution in [0.5, 0.6) is 0 Å². The Kier molecular flexibility index (Phi) is 12.4. The summed E-state index contributed by atoms with van der Waals surface area (Å²) in [6, 6.07) is 4.23. The first-order chi connectivity index (χ1) is 20.5. The van der Waals surface area contributed by atoms with Crippen LogP contribution >= 0.6 is 11.8 Å². The van der Waals surface area contributed by atoms with Gasteiger partial charge in [0, 0.05) is 25.5 Å². The number of amides is 3. The van der Waals surface area contributed by atoms with E-state index in [1.165, 1.54) is 31.1 Å². The molecule has 0 saturated carbocycles. The van der Waals surface area contributed by atoms with Crippen molar-refractivity contribution in [3.63, 3.8) is 0 Å². The molecule has 2 aliphatic rings. The van der Waals surface area contributed by atoms with Crippen LogP contribution in [-0.4, -0.2) is 89.1 Å². The molecule has 1 aromatic rings. The average Bonchev–Trinajstić information content (AvgIpc) is 3.38. The highest BCUT2D eigenvalue weighted by atomic mass is 32.2. The van der Waals surface area contributed by atoms with Crippen molar-refractivity contribution in [2.45, 2.75) is 95.5 Å². The van der Waals surface area contributed by atoms with E-state index in [-0.39, 0.29) is 30.1 Å². The zero-order valence-corrected chi connectivity index (χ0v) is 26.0. The van der Waals surface area contributed by atoms with E-state index in [1.807, 2.05) is 20.8 Å². The Morgan fingerprint density at radius 1 is 1.00 bits per heavy atom. The van der Waals surface area contributed by atoms with Gasteiger partial charge in [-0.3, -0.25) is 19.2 Å². The first kappa shape index (κ1) is 33.9. The molecule has 6 atom stereocenters. The summed E-state index contributed by atoms with van der Waals surface area (Å²) in [5.74, 6) is -3.76. The van der Waals surface area contributed by atoms with E-state index in [0.29, 0.717) is 6.42 Å². The largest absolute Gasteiger partial charge is 0.467 e. The first-order valence-electron chi connectivity index (χ1n) is 14.5. The summed E-state index contributed by atoms with van der Waals surface area (Å²) in [5.41, 5.74) is 0.190. The van der Waals surface area contributed by atoms with Crippen molar-refractivity contribution in [1.82, 2.24) is 15.5 Å². The molecule has 0 radical (unpaired) electrons. The molecule has 2 saturated heterocycles. The number of hydrogen-bond donors (Lipinski definition) is 2. The molecule has 3 rings (SSSR count). The van der Waals surface area contributed by atoms with Crippen molar-refractivity contribution in [1.29, 1.82) is 0 Å². The lowest BCUT2D eigenvalue weighted by Crippen LogP contribution is -2.63. The number of rotatable bonds is 12. The number of carbonyl (C=O) groups excluding carboxylic acids is 6. The zero-order chi connectivity index (χ0) is 31.7. The Morgan fingerprint density at radius 3 is 2.30 bits per heavy atom. The maximum Gasteiger partial charge on any atom is 0.338 e. The molecule has 2 fully saturated rings. The highest BCUT2D eigenvalue weighted by Crippen LogP contribution is 2.39. The molecule has 13 heteroatoms. The van der Waals surface area contributed by atoms with Crippen LogP contribution in [0.3, 0.4) is 0 Å². The standard InChI is InChI=1S/C30H41N3O9S/c1-6-7-9-14-21(35)31-24-23(32-22(36)15-17(2)3)25(42-29(38)19-12-10-8-11-13-19)26(41-18(4)34)28-33(27(24)37)20(16-43-28)30(39)40-5/h8,10-13,17,20,23-26,28H,6-7,9,14-16H2,1-5H3,(H,31,35)(H,32,36)/t20-,23+,24+,25-,26+,28+/m0/s1. The van der Waals surface area contributed by atoms with Gasteiger partial charge in [0.25, 0.3) is 0 Å². The van der Waals surface area contributed by atoms with Crippen LogP contribution in [0.15, 0.2) is 30.3 Å². The second kappa shape index (κ2) is 15.7. The summed E-state index contributed by atoms with van der Waals surface area (Å²) in [7, 11) is 1.19. The minimum absolute atomic E-state index is 0.0551. The number of methoxy groups -OCH3 is 1. The third-order valence-electron chi connectivity index (χ3n) is 7.15. The van der Waals surface area contributed by atoms with Gasteiger partial charge in [0.15, 0.2) is 12.2 Å². The van der Waals surface area contributed by atoms with Crippen LogP contribution in [0, 0.1) is 5.92 Å². The molecule has 0 spiro atoms. The van der Waals surface area contributed by atoms with E-state index < -0.39 is 71.3 Å². The number of benzene rings is 1. The van der Waals surface area contributed by atoms with Crippen LogP contribution in [0.25, 0.3) is 0 Å². The highest BCUT2D eigenvalue weighted by molar-refractivity contribution is 8.00. The molecule has 1 aromatic carbocycles. The maximum atomic E-state index is 14.3. The fourth-order valence-corrected chi connectivity index (χ4v) is 6.67. The molecule has 43 heavy (non-hydrogen) atoms. The van der Waals surface area contributed by atoms with E-state index in [2.05, 4.69) is 10.6 Å². The highest BCUT2D eigenvalue weighted by Gasteiger charge is 2.58. The normalized spacial score (nSPS) is 24.9. The van der Waals surface area contributed by atoms with E-state index in [1.54, 1.807) is 18.2 Å². The minimum Gasteiger partial charge on any atom is -0.467 e. The van der Waals surface area contributed by atoms with Gasteiger partial charge in [-0.1, -0.05) is 51.8 Å². The second-order valence-corrected chi connectivity index (χ2v) is 12.2. The molecule has 0 aromatic heterocycles. The second-order valence-electron chi connectivity index (χ2n) is 11.0. The lowest BCUT2D eigenvalue weighted by Gasteiger charge is -2.35. The fourth-order valence-electron chi connectivity index (χ4n) is 5.18. The van der Waals surface area contributed by atoms with E-state index in [4.69, 9.17) is 14.2 Å². The van der Waals surface area contributed by atoms with Gasteiger partial charge >= 0.3 is 17.9 Å². The maximum absolute atomic E-state index is 14.3. The summed E-state index contributed by atoms with van der Waals surface area (Å²) < 4.78 is 16.7. The van der Waals surface area contributed by atoms with Crippen molar-refractivity contribution < 1.29 is 43.0 Å². The summed E-state index contributed by atoms with van der Waals surface area (Å²) in [5, 5.41) is 4.57. The predicted molar refractivity (Wildman–Crippen MR) is 158 cm³/mol. The van der Waals surface area contributed by atoms with Gasteiger partial charge in [-0.25, -0.2) is 9.59 Å². The molecule has 0 unspecified atom stereocenters. The lowest BCUT2D eigenvalue weighted by atomic mass is 9.97. The molecule has 2 aliphatic heterocycles. The number of unbranched alkanes of at least 4 members (excludes halogenated alkanes) is 2. The van der Waals surface area contributed by atoms with Gasteiger partial charge in [0.2, 0.25) is 17.7 Å². The third kappa shape index (κ3) is 8.71. The molecule has 236 valence electrons. The summed E-state index contributed by atoms with van der Waals surface area (Å²) >= 11 is 1.15. The van der Waals surface area contributed by atoms with Crippen LogP contribution in [0.2, 0.25) is 0 Å². The van der Waals surface area contributed by atoms with Gasteiger partial charge in [-0.05, 0) is 24.5 Å². The van der Waals surface area contributed by atoms with Crippen LogP contribution < -0.4 is 10.6 Å². The van der Waals surface area contributed by atoms with Gasteiger partial charge in [0.05, 0.1) is 18.7 Å². The average molecular weight is 620 g/mol. The fraction of sp³-hybridized carbons (Fsp3) is 0.600. The smallest absolute Gasteiger partial charge is 0.338 e. The molecular weight excluding hydrogens is 578 g/mol. The number of ether oxygens (including phenoxy) is 3. The monoisotopic (exact) mass is 619 g/mol. The van der Waals surface area contributed by atoms with Crippen molar-refractivity contribution in [2.24, 2.45) is 5.92 Å². The molecule has 0 bridgehead atoms. The zero-order valence-electron chi connectivity index (χ0n) is 25.2. The molecule has 2 heterocycles. The van der Waals surface area contributed by atoms with Crippen molar-refractivity contribution >= 4 is 47.4 Å². The van der Waals surface area contributed by atoms with Crippen LogP contribution in [0.1, 0.15) is 70.2 Å². The summed E-state index contributed by atoms with van der Waals surface area (Å²) in [4.78, 5) is 80.5. The topological polar surface area (TPSA) is 157 Å². The van der Waals surface area contributed by atoms with E-state index in [0.717, 1.165) is 24.6 Å². The van der Waals surface area contributed by atoms with Crippen LogP contribution in [-0.2, 0) is 38.2 Å². The Morgan fingerprint density at radius 2 is 1.70 bits per heavy atom. The number of nitrogens with zero attached hydrogens (tertiary/aromatic N) is 1. The van der Waals surface area contributed by atoms with Gasteiger partial charge < -0.3 is 29.7 Å². The van der Waals surface area contributed by atoms with E-state index >= 15 is 0 Å². The Balaban J connectivity index is 2.17. The molecule has 2 N–H and O–H groups in total. The van der Waals surface area contributed by atoms with Crippen LogP contribution in [0.4, 0.5) is 0 Å². The molecular formula is C30H41N3O9S. The summed E-state index contributed by atoms with van der Waals surface area (Å²) in [6.45, 7) is 6.84. The van der Waals surface area contributed by atoms with Crippen molar-refractivity contribution in [3.05, 3.63) is 35.9 Å². The van der Waals surface area contributed by atoms with Gasteiger partial charge in [-0.15, -0.1) is 11.8 Å². The number of nitrogens with one attached hydrogen (secondary N) is 2. The molecule has 3 amide bonds. The number of esters is 3. The van der Waals surface area contributed by atoms with Gasteiger partial charge in [-0.2, -0.15) is 0 Å². The predicted octanol–water partition coefficient (Wildman–Crippen LogP) is 2.20. The quantitative estimate of drug-likeness (QED) is 0.202.